The smallest absolute Gasteiger partial charge is 0.410 e. The highest BCUT2D eigenvalue weighted by atomic mass is 32.1. The molecular weight excluding hydrogens is 729 g/mol. The van der Waals surface area contributed by atoms with Crippen molar-refractivity contribution in [3.05, 3.63) is 41.0 Å². The number of hydrogen-bond donors (Lipinski definition) is 4. The molecule has 55 heavy (non-hydrogen) atoms. The number of β-amino-alcohol motifs (C(OH)–C–C–N with tert-alkyl or cyclic N) is 1. The number of hydrogen-bond acceptors (Lipinski definition) is 12. The van der Waals surface area contributed by atoms with Crippen molar-refractivity contribution in [3.63, 3.8) is 0 Å². The van der Waals surface area contributed by atoms with Crippen LogP contribution in [0, 0.1) is 12.3 Å². The summed E-state index contributed by atoms with van der Waals surface area (Å²) in [6, 6.07) is 5.99. The summed E-state index contributed by atoms with van der Waals surface area (Å²) in [4.78, 5) is 62.0. The number of aromatic nitrogens is 1. The van der Waals surface area contributed by atoms with Gasteiger partial charge in [0.1, 0.15) is 17.7 Å². The van der Waals surface area contributed by atoms with Crippen molar-refractivity contribution >= 4 is 35.2 Å². The van der Waals surface area contributed by atoms with E-state index >= 15 is 0 Å². The second kappa shape index (κ2) is 22.2. The molecule has 15 nitrogen and oxygen atoms in total. The first kappa shape index (κ1) is 45.7. The number of ether oxygens (including phenoxy) is 4. The highest BCUT2D eigenvalue weighted by molar-refractivity contribution is 7.13. The van der Waals surface area contributed by atoms with Crippen LogP contribution in [0.1, 0.15) is 72.1 Å². The summed E-state index contributed by atoms with van der Waals surface area (Å²) in [6.07, 6.45) is -0.969. The molecule has 0 aliphatic carbocycles. The van der Waals surface area contributed by atoms with Gasteiger partial charge in [-0.05, 0) is 50.7 Å². The van der Waals surface area contributed by atoms with Crippen molar-refractivity contribution in [3.8, 4) is 10.4 Å². The van der Waals surface area contributed by atoms with E-state index in [1.54, 1.807) is 32.1 Å². The van der Waals surface area contributed by atoms with Crippen LogP contribution >= 0.6 is 11.3 Å². The Morgan fingerprint density at radius 3 is 2.20 bits per heavy atom. The van der Waals surface area contributed by atoms with Crippen LogP contribution in [-0.2, 0) is 39.9 Å². The van der Waals surface area contributed by atoms with Gasteiger partial charge in [0, 0.05) is 45.6 Å². The van der Waals surface area contributed by atoms with Gasteiger partial charge >= 0.3 is 6.09 Å². The van der Waals surface area contributed by atoms with Crippen LogP contribution in [-0.4, -0.2) is 133 Å². The fourth-order valence-electron chi connectivity index (χ4n) is 5.86. The van der Waals surface area contributed by atoms with E-state index in [0.717, 1.165) is 21.7 Å². The maximum absolute atomic E-state index is 14.0. The van der Waals surface area contributed by atoms with Crippen molar-refractivity contribution in [2.75, 3.05) is 65.8 Å². The van der Waals surface area contributed by atoms with Crippen LogP contribution in [0.4, 0.5) is 4.79 Å². The third kappa shape index (κ3) is 15.8. The van der Waals surface area contributed by atoms with Crippen LogP contribution < -0.4 is 16.4 Å². The van der Waals surface area contributed by atoms with E-state index in [4.69, 9.17) is 24.7 Å². The van der Waals surface area contributed by atoms with Gasteiger partial charge in [-0.15, -0.1) is 11.3 Å². The van der Waals surface area contributed by atoms with Gasteiger partial charge < -0.3 is 50.2 Å². The summed E-state index contributed by atoms with van der Waals surface area (Å²) >= 11 is 1.57. The first-order valence-corrected chi connectivity index (χ1v) is 19.8. The number of nitrogens with two attached hydrogens (primary N) is 1. The topological polar surface area (TPSA) is 195 Å². The molecule has 16 heteroatoms. The van der Waals surface area contributed by atoms with Gasteiger partial charge in [-0.3, -0.25) is 14.4 Å². The Kier molecular flexibility index (Phi) is 18.4. The molecule has 3 rings (SSSR count). The summed E-state index contributed by atoms with van der Waals surface area (Å²) in [5, 5.41) is 16.4. The number of thiazole rings is 1. The standard InChI is InChI=1S/C39H62N6O9S/c1-27-33(55-26-42-27)29-12-10-28(11-13-29)24-41-35(48)31-23-30(46)25-45(31)36(49)34(38(2,3)4)43-32(47)9-8-15-44(37(50)54-39(5,6)7)16-18-52-20-22-53-21-19-51-17-14-40/h10-13,26,30-31,34,46H,8-9,14-25,40H2,1-7H3,(H,41,48)(H,43,47)/t30-,31+,34-/m1/s1. The number of nitrogens with zero attached hydrogens (tertiary/aromatic N) is 3. The first-order valence-electron chi connectivity index (χ1n) is 19.0. The average molecular weight is 791 g/mol. The van der Waals surface area contributed by atoms with Crippen LogP contribution in [0.5, 0.6) is 0 Å². The van der Waals surface area contributed by atoms with E-state index in [0.29, 0.717) is 46.0 Å². The summed E-state index contributed by atoms with van der Waals surface area (Å²) in [5.74, 6) is -1.20. The molecule has 4 amide bonds. The van der Waals surface area contributed by atoms with Gasteiger partial charge in [0.15, 0.2) is 0 Å². The molecular formula is C39H62N6O9S. The van der Waals surface area contributed by atoms with Gasteiger partial charge in [-0.25, -0.2) is 9.78 Å². The van der Waals surface area contributed by atoms with E-state index in [1.165, 1.54) is 9.80 Å². The Morgan fingerprint density at radius 1 is 0.982 bits per heavy atom. The third-order valence-electron chi connectivity index (χ3n) is 8.71. The molecule has 2 aromatic rings. The number of aliphatic hydroxyl groups is 1. The van der Waals surface area contributed by atoms with Crippen molar-refractivity contribution in [2.45, 2.75) is 98.1 Å². The molecule has 1 aliphatic rings. The second-order valence-electron chi connectivity index (χ2n) is 15.6. The van der Waals surface area contributed by atoms with Gasteiger partial charge in [-0.1, -0.05) is 45.0 Å². The number of aryl methyl sites for hydroxylation is 1. The fourth-order valence-corrected chi connectivity index (χ4v) is 6.68. The van der Waals surface area contributed by atoms with Crippen LogP contribution in [0.2, 0.25) is 0 Å². The number of nitrogens with one attached hydrogen (secondary N) is 2. The molecule has 1 aromatic heterocycles. The molecule has 0 saturated carbocycles. The number of likely N-dealkylation sites (tertiary alicyclic amines) is 1. The van der Waals surface area contributed by atoms with Crippen molar-refractivity contribution < 1.29 is 43.2 Å². The number of benzene rings is 1. The predicted molar refractivity (Wildman–Crippen MR) is 210 cm³/mol. The Balaban J connectivity index is 1.53. The molecule has 2 heterocycles. The lowest BCUT2D eigenvalue weighted by molar-refractivity contribution is -0.144. The molecule has 5 N–H and O–H groups in total. The molecule has 1 aliphatic heterocycles. The third-order valence-corrected chi connectivity index (χ3v) is 9.68. The average Bonchev–Trinajstić information content (AvgIpc) is 3.73. The minimum Gasteiger partial charge on any atom is -0.444 e. The molecule has 0 radical (unpaired) electrons. The number of rotatable bonds is 21. The summed E-state index contributed by atoms with van der Waals surface area (Å²) < 4.78 is 22.0. The van der Waals surface area contributed by atoms with Gasteiger partial charge in [0.05, 0.1) is 61.8 Å². The summed E-state index contributed by atoms with van der Waals surface area (Å²) in [6.45, 7) is 16.3. The van der Waals surface area contributed by atoms with Gasteiger partial charge in [0.25, 0.3) is 0 Å². The van der Waals surface area contributed by atoms with E-state index in [9.17, 15) is 24.3 Å². The lowest BCUT2D eigenvalue weighted by atomic mass is 9.85. The molecule has 1 saturated heterocycles. The monoisotopic (exact) mass is 790 g/mol. The molecule has 0 spiro atoms. The molecule has 308 valence electrons. The fraction of sp³-hybridized carbons (Fsp3) is 0.667. The Bertz CT molecular complexity index is 1510. The normalized spacial score (nSPS) is 16.5. The van der Waals surface area contributed by atoms with Crippen LogP contribution in [0.25, 0.3) is 10.4 Å². The lowest BCUT2D eigenvalue weighted by Gasteiger charge is -2.35. The zero-order valence-corrected chi connectivity index (χ0v) is 34.4. The predicted octanol–water partition coefficient (Wildman–Crippen LogP) is 3.25. The quantitative estimate of drug-likeness (QED) is 0.136. The maximum atomic E-state index is 14.0. The number of amides is 4. The maximum Gasteiger partial charge on any atom is 0.410 e. The minimum absolute atomic E-state index is 0.0233. The van der Waals surface area contributed by atoms with E-state index in [-0.39, 0.29) is 57.4 Å². The minimum atomic E-state index is -0.965. The Labute approximate surface area is 329 Å². The Hall–Kier alpha value is -3.67. The molecule has 1 fully saturated rings. The molecule has 0 bridgehead atoms. The van der Waals surface area contributed by atoms with E-state index in [2.05, 4.69) is 15.6 Å². The zero-order chi connectivity index (χ0) is 40.6. The summed E-state index contributed by atoms with van der Waals surface area (Å²) in [5.41, 5.74) is 8.68. The largest absolute Gasteiger partial charge is 0.444 e. The highest BCUT2D eigenvalue weighted by Gasteiger charge is 2.44. The number of carbonyl (C=O) groups excluding carboxylic acids is 4. The second-order valence-corrected chi connectivity index (χ2v) is 16.5. The molecule has 3 atom stereocenters. The van der Waals surface area contributed by atoms with Crippen molar-refractivity contribution in [1.29, 1.82) is 0 Å². The zero-order valence-electron chi connectivity index (χ0n) is 33.6. The molecule has 0 unspecified atom stereocenters. The lowest BCUT2D eigenvalue weighted by Crippen LogP contribution is -2.57. The van der Waals surface area contributed by atoms with Crippen LogP contribution in [0.15, 0.2) is 29.8 Å². The van der Waals surface area contributed by atoms with Crippen molar-refractivity contribution in [2.24, 2.45) is 11.1 Å². The summed E-state index contributed by atoms with van der Waals surface area (Å²) in [7, 11) is 0. The van der Waals surface area contributed by atoms with Crippen molar-refractivity contribution in [1.82, 2.24) is 25.4 Å². The first-order chi connectivity index (χ1) is 26.0. The van der Waals surface area contributed by atoms with Crippen LogP contribution in [0.3, 0.4) is 0 Å². The number of carbonyl (C=O) groups is 4. The highest BCUT2D eigenvalue weighted by Crippen LogP contribution is 2.28. The Morgan fingerprint density at radius 2 is 1.62 bits per heavy atom. The SMILES string of the molecule is Cc1ncsc1-c1ccc(CNC(=O)[C@@H]2C[C@@H](O)CN2C(=O)[C@@H](NC(=O)CCCN(CCOCCOCCOCCN)C(=O)OC(C)(C)C)C(C)(C)C)cc1. The van der Waals surface area contributed by atoms with Gasteiger partial charge in [0.2, 0.25) is 17.7 Å². The van der Waals surface area contributed by atoms with Gasteiger partial charge in [-0.2, -0.15) is 0 Å². The molecule has 1 aromatic carbocycles. The number of aliphatic hydroxyl groups excluding tert-OH is 1. The van der Waals surface area contributed by atoms with E-state index < -0.39 is 41.2 Å². The van der Waals surface area contributed by atoms with E-state index in [1.807, 2.05) is 57.5 Å².